The van der Waals surface area contributed by atoms with E-state index in [-0.39, 0.29) is 11.8 Å². The largest absolute Gasteiger partial charge is 0.320 e. The topological polar surface area (TPSA) is 52.9 Å². The minimum atomic E-state index is -0.151. The Labute approximate surface area is 129 Å². The highest BCUT2D eigenvalue weighted by atomic mass is 32.2. The van der Waals surface area contributed by atoms with Crippen LogP contribution in [0.15, 0.2) is 47.5 Å². The van der Waals surface area contributed by atoms with Crippen LogP contribution in [0.1, 0.15) is 30.4 Å². The van der Waals surface area contributed by atoms with Crippen molar-refractivity contribution in [3.8, 4) is 6.07 Å². The van der Waals surface area contributed by atoms with Crippen molar-refractivity contribution >= 4 is 17.7 Å². The number of hydrogen-bond donors (Lipinski definition) is 1. The van der Waals surface area contributed by atoms with Crippen LogP contribution in [0.3, 0.4) is 0 Å². The maximum Gasteiger partial charge on any atom is 0.225 e. The molecule has 0 fully saturated rings. The Balaban J connectivity index is 2.36. The van der Waals surface area contributed by atoms with Gasteiger partial charge in [-0.2, -0.15) is 5.26 Å². The van der Waals surface area contributed by atoms with Crippen LogP contribution >= 0.6 is 11.8 Å². The smallest absolute Gasteiger partial charge is 0.225 e. The lowest BCUT2D eigenvalue weighted by Gasteiger charge is -2.25. The van der Waals surface area contributed by atoms with E-state index in [0.29, 0.717) is 22.8 Å². The van der Waals surface area contributed by atoms with E-state index in [2.05, 4.69) is 37.0 Å². The minimum absolute atomic E-state index is 0.0369. The van der Waals surface area contributed by atoms with Crippen molar-refractivity contribution in [3.63, 3.8) is 0 Å². The fourth-order valence-electron chi connectivity index (χ4n) is 2.35. The van der Waals surface area contributed by atoms with Crippen LogP contribution in [0.5, 0.6) is 0 Å². The summed E-state index contributed by atoms with van der Waals surface area (Å²) in [5.41, 5.74) is 2.92. The van der Waals surface area contributed by atoms with Gasteiger partial charge in [-0.15, -0.1) is 18.3 Å². The first kappa shape index (κ1) is 15.4. The molecular weight excluding hydrogens is 280 g/mol. The maximum atomic E-state index is 11.9. The molecule has 21 heavy (non-hydrogen) atoms. The first-order chi connectivity index (χ1) is 10.2. The molecule has 1 amide bonds. The van der Waals surface area contributed by atoms with Crippen molar-refractivity contribution in [2.45, 2.75) is 25.7 Å². The Morgan fingerprint density at radius 1 is 1.48 bits per heavy atom. The molecule has 3 nitrogen and oxygen atoms in total. The molecule has 0 spiro atoms. The van der Waals surface area contributed by atoms with E-state index in [1.165, 1.54) is 17.3 Å². The van der Waals surface area contributed by atoms with Gasteiger partial charge in [-0.25, -0.2) is 0 Å². The third-order valence-corrected chi connectivity index (χ3v) is 4.50. The molecule has 1 N–H and O–H groups in total. The minimum Gasteiger partial charge on any atom is -0.320 e. The molecule has 1 aromatic carbocycles. The highest BCUT2D eigenvalue weighted by Gasteiger charge is 2.29. The number of carbonyl (C=O) groups excluding carboxylic acids is 1. The van der Waals surface area contributed by atoms with E-state index in [4.69, 9.17) is 0 Å². The number of thioether (sulfide) groups is 1. The average Bonchev–Trinajstić information content (AvgIpc) is 2.52. The van der Waals surface area contributed by atoms with Gasteiger partial charge in [0.05, 0.1) is 16.7 Å². The molecule has 2 rings (SSSR count). The molecule has 1 atom stereocenters. The summed E-state index contributed by atoms with van der Waals surface area (Å²) < 4.78 is 0. The van der Waals surface area contributed by atoms with Crippen LogP contribution in [-0.4, -0.2) is 11.7 Å². The Morgan fingerprint density at radius 3 is 2.76 bits per heavy atom. The lowest BCUT2D eigenvalue weighted by Crippen LogP contribution is -2.30. The summed E-state index contributed by atoms with van der Waals surface area (Å²) in [4.78, 5) is 11.9. The first-order valence-corrected chi connectivity index (χ1v) is 7.94. The fourth-order valence-corrected chi connectivity index (χ4v) is 3.16. The molecule has 0 saturated carbocycles. The molecule has 1 aromatic rings. The van der Waals surface area contributed by atoms with Gasteiger partial charge in [-0.3, -0.25) is 4.79 Å². The molecule has 108 valence electrons. The highest BCUT2D eigenvalue weighted by Crippen LogP contribution is 2.35. The SMILES string of the molecule is C=CCSC1=C(C#N)[C@@H](c2ccc(CC)cc2)CC(=O)N1. The average molecular weight is 298 g/mol. The van der Waals surface area contributed by atoms with Crippen molar-refractivity contribution in [1.29, 1.82) is 5.26 Å². The van der Waals surface area contributed by atoms with E-state index < -0.39 is 0 Å². The third-order valence-electron chi connectivity index (χ3n) is 3.49. The third kappa shape index (κ3) is 3.56. The number of amides is 1. The lowest BCUT2D eigenvalue weighted by atomic mass is 9.86. The number of benzene rings is 1. The van der Waals surface area contributed by atoms with Crippen LogP contribution in [-0.2, 0) is 11.2 Å². The maximum absolute atomic E-state index is 11.9. The second kappa shape index (κ2) is 7.14. The van der Waals surface area contributed by atoms with Crippen molar-refractivity contribution in [2.75, 3.05) is 5.75 Å². The molecule has 1 aliphatic rings. The van der Waals surface area contributed by atoms with Gasteiger partial charge in [-0.05, 0) is 17.5 Å². The molecule has 1 heterocycles. The van der Waals surface area contributed by atoms with Gasteiger partial charge in [0.25, 0.3) is 0 Å². The number of rotatable bonds is 5. The van der Waals surface area contributed by atoms with E-state index in [1.807, 2.05) is 12.1 Å². The van der Waals surface area contributed by atoms with Crippen LogP contribution in [0.25, 0.3) is 0 Å². The van der Waals surface area contributed by atoms with Gasteiger partial charge in [0.15, 0.2) is 0 Å². The molecule has 0 unspecified atom stereocenters. The molecule has 0 saturated heterocycles. The summed E-state index contributed by atoms with van der Waals surface area (Å²) in [6, 6.07) is 10.4. The molecule has 0 radical (unpaired) electrons. The summed E-state index contributed by atoms with van der Waals surface area (Å²) in [6.07, 6.45) is 3.07. The monoisotopic (exact) mass is 298 g/mol. The zero-order chi connectivity index (χ0) is 15.2. The molecular formula is C17H18N2OS. The number of aryl methyl sites for hydroxylation is 1. The number of hydrogen-bond acceptors (Lipinski definition) is 3. The zero-order valence-corrected chi connectivity index (χ0v) is 12.9. The number of nitrogens with zero attached hydrogens (tertiary/aromatic N) is 1. The van der Waals surface area contributed by atoms with Crippen molar-refractivity contribution in [1.82, 2.24) is 5.32 Å². The van der Waals surface area contributed by atoms with Crippen molar-refractivity contribution in [2.24, 2.45) is 0 Å². The van der Waals surface area contributed by atoms with Crippen LogP contribution < -0.4 is 5.32 Å². The second-order valence-corrected chi connectivity index (χ2v) is 5.88. The molecule has 0 bridgehead atoms. The van der Waals surface area contributed by atoms with Gasteiger partial charge in [0.2, 0.25) is 5.91 Å². The normalized spacial score (nSPS) is 18.1. The summed E-state index contributed by atoms with van der Waals surface area (Å²) in [7, 11) is 0. The molecule has 4 heteroatoms. The van der Waals surface area contributed by atoms with Crippen LogP contribution in [0, 0.1) is 11.3 Å². The number of nitriles is 1. The Hall–Kier alpha value is -1.99. The number of nitrogens with one attached hydrogen (secondary N) is 1. The predicted molar refractivity (Wildman–Crippen MR) is 86.6 cm³/mol. The first-order valence-electron chi connectivity index (χ1n) is 6.96. The number of allylic oxidation sites excluding steroid dienone is 1. The fraction of sp³-hybridized carbons (Fsp3) is 0.294. The Kier molecular flexibility index (Phi) is 5.24. The van der Waals surface area contributed by atoms with Crippen molar-refractivity contribution < 1.29 is 4.79 Å². The van der Waals surface area contributed by atoms with E-state index in [1.54, 1.807) is 6.08 Å². The Morgan fingerprint density at radius 2 is 2.19 bits per heavy atom. The molecule has 0 aliphatic carbocycles. The van der Waals surface area contributed by atoms with Crippen LogP contribution in [0.4, 0.5) is 0 Å². The van der Waals surface area contributed by atoms with Crippen molar-refractivity contribution in [3.05, 3.63) is 58.6 Å². The quantitative estimate of drug-likeness (QED) is 0.846. The van der Waals surface area contributed by atoms with Crippen LogP contribution in [0.2, 0.25) is 0 Å². The second-order valence-electron chi connectivity index (χ2n) is 4.85. The lowest BCUT2D eigenvalue weighted by molar-refractivity contribution is -0.120. The summed E-state index contributed by atoms with van der Waals surface area (Å²) >= 11 is 1.45. The zero-order valence-electron chi connectivity index (χ0n) is 12.1. The standard InChI is InChI=1S/C17H18N2OS/c1-3-9-21-17-15(11-18)14(10-16(20)19-17)13-7-5-12(4-2)6-8-13/h3,5-8,14H,1,4,9-10H2,2H3,(H,19,20)/t14-/m1/s1. The Bertz CT molecular complexity index is 611. The van der Waals surface area contributed by atoms with Gasteiger partial charge < -0.3 is 5.32 Å². The van der Waals surface area contributed by atoms with E-state index in [0.717, 1.165) is 12.0 Å². The highest BCUT2D eigenvalue weighted by molar-refractivity contribution is 8.03. The number of carbonyl (C=O) groups is 1. The van der Waals surface area contributed by atoms with E-state index in [9.17, 15) is 10.1 Å². The summed E-state index contributed by atoms with van der Waals surface area (Å²) in [5.74, 6) is 0.481. The predicted octanol–water partition coefficient (Wildman–Crippen LogP) is 3.51. The molecule has 0 aromatic heterocycles. The van der Waals surface area contributed by atoms with Gasteiger partial charge in [-0.1, -0.05) is 37.3 Å². The molecule has 1 aliphatic heterocycles. The van der Waals surface area contributed by atoms with Gasteiger partial charge in [0, 0.05) is 18.1 Å². The summed E-state index contributed by atoms with van der Waals surface area (Å²) in [5, 5.41) is 13.0. The summed E-state index contributed by atoms with van der Waals surface area (Å²) in [6.45, 7) is 5.78. The van der Waals surface area contributed by atoms with Gasteiger partial charge >= 0.3 is 0 Å². The van der Waals surface area contributed by atoms with Gasteiger partial charge in [0.1, 0.15) is 0 Å². The van der Waals surface area contributed by atoms with E-state index >= 15 is 0 Å².